The summed E-state index contributed by atoms with van der Waals surface area (Å²) in [4.78, 5) is 28.4. The van der Waals surface area contributed by atoms with Crippen molar-refractivity contribution >= 4 is 40.5 Å². The van der Waals surface area contributed by atoms with Crippen LogP contribution in [0.1, 0.15) is 26.2 Å². The van der Waals surface area contributed by atoms with Gasteiger partial charge < -0.3 is 20.3 Å². The number of ether oxygens (including phenoxy) is 1. The zero-order chi connectivity index (χ0) is 23.5. The third-order valence-corrected chi connectivity index (χ3v) is 6.01. The average Bonchev–Trinajstić information content (AvgIpc) is 3.38. The molecule has 0 radical (unpaired) electrons. The first kappa shape index (κ1) is 23.2. The predicted molar refractivity (Wildman–Crippen MR) is 125 cm³/mol. The number of carbonyl (C=O) groups is 2. The van der Waals surface area contributed by atoms with Crippen LogP contribution < -0.4 is 15.5 Å². The molecule has 10 heteroatoms. The van der Waals surface area contributed by atoms with Crippen molar-refractivity contribution in [3.63, 3.8) is 0 Å². The number of nitrogens with one attached hydrogen (secondary N) is 2. The number of anilines is 2. The lowest BCUT2D eigenvalue weighted by Crippen LogP contribution is -2.32. The largest absolute Gasteiger partial charge is 0.442 e. The fourth-order valence-corrected chi connectivity index (χ4v) is 4.28. The molecule has 2 saturated heterocycles. The highest BCUT2D eigenvalue weighted by Crippen LogP contribution is 2.30. The van der Waals surface area contributed by atoms with Crippen LogP contribution in [0.3, 0.4) is 0 Å². The number of allylic oxidation sites excluding steroid dienone is 1. The molecular formula is C23H26F2N4O3S. The van der Waals surface area contributed by atoms with Crippen molar-refractivity contribution in [1.82, 2.24) is 10.2 Å². The monoisotopic (exact) mass is 476 g/mol. The lowest BCUT2D eigenvalue weighted by molar-refractivity contribution is -0.112. The molecule has 33 heavy (non-hydrogen) atoms. The standard InChI is InChI=1S/C23H26F2N4O3S/c1-14(33)26-12-17-13-29(23(31)32-17)16-10-18(24)22(19(25)11-16)27-15-4-6-20(21(30)7-5-15)28-8-2-3-9-28/h5-7,10-11,15,17,27H,2-4,8-9,12-13H2,1H3,(H,26,33)/t15?,17-/m0/s1. The number of hydrogen-bond donors (Lipinski definition) is 2. The molecule has 2 fully saturated rings. The smallest absolute Gasteiger partial charge is 0.414 e. The van der Waals surface area contributed by atoms with E-state index in [0.29, 0.717) is 23.7 Å². The van der Waals surface area contributed by atoms with Gasteiger partial charge in [0.15, 0.2) is 11.6 Å². The minimum absolute atomic E-state index is 0.0740. The molecule has 1 amide bonds. The van der Waals surface area contributed by atoms with Crippen molar-refractivity contribution in [2.24, 2.45) is 0 Å². The number of halogens is 2. The summed E-state index contributed by atoms with van der Waals surface area (Å²) in [6.07, 6.45) is 6.27. The first-order chi connectivity index (χ1) is 15.8. The van der Waals surface area contributed by atoms with E-state index >= 15 is 0 Å². The molecule has 2 N–H and O–H groups in total. The van der Waals surface area contributed by atoms with Crippen LogP contribution in [0.4, 0.5) is 25.0 Å². The van der Waals surface area contributed by atoms with E-state index in [1.807, 2.05) is 6.08 Å². The first-order valence-electron chi connectivity index (χ1n) is 11.0. The molecule has 0 saturated carbocycles. The van der Waals surface area contributed by atoms with Gasteiger partial charge in [-0.3, -0.25) is 9.69 Å². The van der Waals surface area contributed by atoms with Gasteiger partial charge in [0.1, 0.15) is 11.8 Å². The van der Waals surface area contributed by atoms with Crippen molar-refractivity contribution in [2.45, 2.75) is 38.3 Å². The Morgan fingerprint density at radius 1 is 1.21 bits per heavy atom. The van der Waals surface area contributed by atoms with Gasteiger partial charge in [-0.2, -0.15) is 0 Å². The van der Waals surface area contributed by atoms with Gasteiger partial charge >= 0.3 is 6.09 Å². The van der Waals surface area contributed by atoms with Gasteiger partial charge in [0.25, 0.3) is 0 Å². The van der Waals surface area contributed by atoms with E-state index in [2.05, 4.69) is 15.5 Å². The molecule has 1 unspecified atom stereocenters. The molecule has 1 aromatic rings. The maximum atomic E-state index is 14.9. The van der Waals surface area contributed by atoms with Crippen LogP contribution in [-0.2, 0) is 9.53 Å². The van der Waals surface area contributed by atoms with E-state index < -0.39 is 29.9 Å². The number of nitrogens with zero attached hydrogens (tertiary/aromatic N) is 2. The lowest BCUT2D eigenvalue weighted by Gasteiger charge is -2.20. The quantitative estimate of drug-likeness (QED) is 0.609. The van der Waals surface area contributed by atoms with Crippen LogP contribution in [-0.4, -0.2) is 60.1 Å². The van der Waals surface area contributed by atoms with E-state index in [1.54, 1.807) is 13.0 Å². The number of thiocarbonyl (C=S) groups is 1. The highest BCUT2D eigenvalue weighted by atomic mass is 32.1. The number of hydrogen-bond acceptors (Lipinski definition) is 6. The van der Waals surface area contributed by atoms with E-state index in [1.165, 1.54) is 11.0 Å². The van der Waals surface area contributed by atoms with Gasteiger partial charge in [-0.05, 0) is 32.3 Å². The van der Waals surface area contributed by atoms with Crippen LogP contribution in [0.2, 0.25) is 0 Å². The predicted octanol–water partition coefficient (Wildman–Crippen LogP) is 3.52. The molecule has 2 aliphatic heterocycles. The SMILES string of the molecule is CC(=S)NC[C@H]1CN(c2cc(F)c(NC3C=CC(=O)C(N4CCCC4)=CC3)c(F)c2)C(=O)O1. The summed E-state index contributed by atoms with van der Waals surface area (Å²) >= 11 is 4.95. The Kier molecular flexibility index (Phi) is 6.92. The minimum Gasteiger partial charge on any atom is -0.442 e. The first-order valence-corrected chi connectivity index (χ1v) is 11.4. The molecule has 0 bridgehead atoms. The summed E-state index contributed by atoms with van der Waals surface area (Å²) in [5.74, 6) is -1.76. The summed E-state index contributed by atoms with van der Waals surface area (Å²) in [6, 6.07) is 1.75. The molecular weight excluding hydrogens is 450 g/mol. The van der Waals surface area contributed by atoms with Gasteiger partial charge in [0.2, 0.25) is 5.78 Å². The van der Waals surface area contributed by atoms with Crippen molar-refractivity contribution in [3.8, 4) is 0 Å². The minimum atomic E-state index is -0.832. The summed E-state index contributed by atoms with van der Waals surface area (Å²) in [5.41, 5.74) is 0.413. The van der Waals surface area contributed by atoms with Crippen molar-refractivity contribution in [1.29, 1.82) is 0 Å². The Balaban J connectivity index is 1.46. The van der Waals surface area contributed by atoms with Crippen LogP contribution in [0, 0.1) is 11.6 Å². The van der Waals surface area contributed by atoms with Crippen LogP contribution in [0.25, 0.3) is 0 Å². The van der Waals surface area contributed by atoms with Gasteiger partial charge in [-0.1, -0.05) is 24.4 Å². The number of carbonyl (C=O) groups excluding carboxylic acids is 2. The Hall–Kier alpha value is -3.01. The van der Waals surface area contributed by atoms with E-state index in [9.17, 15) is 18.4 Å². The molecule has 4 rings (SSSR count). The zero-order valence-corrected chi connectivity index (χ0v) is 19.1. The van der Waals surface area contributed by atoms with E-state index in [4.69, 9.17) is 17.0 Å². The van der Waals surface area contributed by atoms with Gasteiger partial charge in [0, 0.05) is 31.3 Å². The number of ketones is 1. The number of cyclic esters (lactones) is 1. The van der Waals surface area contributed by atoms with E-state index in [0.717, 1.165) is 38.1 Å². The summed E-state index contributed by atoms with van der Waals surface area (Å²) < 4.78 is 35.0. The molecule has 0 spiro atoms. The molecule has 3 aliphatic rings. The average molecular weight is 477 g/mol. The number of rotatable bonds is 6. The van der Waals surface area contributed by atoms with Gasteiger partial charge in [-0.25, -0.2) is 13.6 Å². The van der Waals surface area contributed by atoms with Crippen molar-refractivity contribution in [3.05, 3.63) is 47.7 Å². The second-order valence-electron chi connectivity index (χ2n) is 8.33. The van der Waals surface area contributed by atoms with Crippen LogP contribution >= 0.6 is 12.2 Å². The Morgan fingerprint density at radius 2 is 1.91 bits per heavy atom. The molecule has 7 nitrogen and oxygen atoms in total. The van der Waals surface area contributed by atoms with Crippen molar-refractivity contribution < 1.29 is 23.1 Å². The molecule has 0 aromatic heterocycles. The van der Waals surface area contributed by atoms with Crippen LogP contribution in [0.5, 0.6) is 0 Å². The molecule has 176 valence electrons. The number of amides is 1. The topological polar surface area (TPSA) is 73.9 Å². The Bertz CT molecular complexity index is 1000. The summed E-state index contributed by atoms with van der Waals surface area (Å²) in [7, 11) is 0. The Morgan fingerprint density at radius 3 is 2.58 bits per heavy atom. The lowest BCUT2D eigenvalue weighted by atomic mass is 10.1. The fourth-order valence-electron chi connectivity index (χ4n) is 4.19. The summed E-state index contributed by atoms with van der Waals surface area (Å²) in [6.45, 7) is 3.87. The molecule has 2 atom stereocenters. The maximum absolute atomic E-state index is 14.9. The van der Waals surface area contributed by atoms with Crippen molar-refractivity contribution in [2.75, 3.05) is 36.4 Å². The number of likely N-dealkylation sites (tertiary alicyclic amines) is 1. The third kappa shape index (κ3) is 5.32. The zero-order valence-electron chi connectivity index (χ0n) is 18.3. The highest BCUT2D eigenvalue weighted by Gasteiger charge is 2.33. The summed E-state index contributed by atoms with van der Waals surface area (Å²) in [5, 5.41) is 5.77. The maximum Gasteiger partial charge on any atom is 0.414 e. The third-order valence-electron chi connectivity index (χ3n) is 5.87. The normalized spacial score (nSPS) is 22.8. The number of benzene rings is 1. The van der Waals surface area contributed by atoms with Crippen LogP contribution in [0.15, 0.2) is 36.1 Å². The van der Waals surface area contributed by atoms with Gasteiger partial charge in [0.05, 0.1) is 29.5 Å². The molecule has 1 aromatic carbocycles. The molecule has 2 heterocycles. The van der Waals surface area contributed by atoms with Gasteiger partial charge in [-0.15, -0.1) is 0 Å². The fraction of sp³-hybridized carbons (Fsp3) is 0.435. The Labute approximate surface area is 196 Å². The molecule has 1 aliphatic carbocycles. The second-order valence-corrected chi connectivity index (χ2v) is 8.94. The highest BCUT2D eigenvalue weighted by molar-refractivity contribution is 7.80. The van der Waals surface area contributed by atoms with E-state index in [-0.39, 0.29) is 23.7 Å². The second kappa shape index (κ2) is 9.86.